The Morgan fingerprint density at radius 3 is 2.52 bits per heavy atom. The van der Waals surface area contributed by atoms with Crippen LogP contribution in [0.5, 0.6) is 0 Å². The van der Waals surface area contributed by atoms with Gasteiger partial charge in [-0.3, -0.25) is 4.98 Å². The van der Waals surface area contributed by atoms with Gasteiger partial charge in [0.25, 0.3) is 0 Å². The molecule has 0 bridgehead atoms. The number of hydrogen-bond donors (Lipinski definition) is 1. The van der Waals surface area contributed by atoms with Gasteiger partial charge < -0.3 is 4.98 Å². The van der Waals surface area contributed by atoms with E-state index in [1.54, 1.807) is 12.1 Å². The van der Waals surface area contributed by atoms with Gasteiger partial charge in [-0.05, 0) is 48.8 Å². The molecule has 0 aliphatic heterocycles. The number of rotatable bonds is 3. The van der Waals surface area contributed by atoms with Gasteiger partial charge in [-0.2, -0.15) is 0 Å². The van der Waals surface area contributed by atoms with Crippen molar-refractivity contribution in [3.05, 3.63) is 59.6 Å². The number of halogens is 2. The van der Waals surface area contributed by atoms with Crippen LogP contribution in [0.15, 0.2) is 36.7 Å². The second kappa shape index (κ2) is 10.4. The Labute approximate surface area is 185 Å². The molecule has 31 heavy (non-hydrogen) atoms. The smallest absolute Gasteiger partial charge is 0.158 e. The molecule has 1 radical (unpaired) electrons. The Bertz CT molecular complexity index is 1000. The van der Waals surface area contributed by atoms with Crippen molar-refractivity contribution in [1.82, 2.24) is 9.97 Å². The molecule has 2 aromatic heterocycles. The number of hydrogen-bond acceptors (Lipinski definition) is 1. The van der Waals surface area contributed by atoms with Crippen LogP contribution in [0.3, 0.4) is 0 Å². The predicted octanol–water partition coefficient (Wildman–Crippen LogP) is 6.97. The zero-order chi connectivity index (χ0) is 21.6. The molecule has 0 spiro atoms. The molecule has 3 aromatic rings. The molecule has 4 rings (SSSR count). The van der Waals surface area contributed by atoms with Gasteiger partial charge in [0.2, 0.25) is 0 Å². The maximum atomic E-state index is 14.2. The molecule has 2 heterocycles. The number of pyridine rings is 1. The maximum Gasteiger partial charge on any atom is 0.158 e. The summed E-state index contributed by atoms with van der Waals surface area (Å²) in [6.45, 7) is 2.04. The lowest BCUT2D eigenvalue weighted by molar-refractivity contribution is 0.464. The summed E-state index contributed by atoms with van der Waals surface area (Å²) in [7, 11) is 2.37. The van der Waals surface area contributed by atoms with Crippen molar-refractivity contribution in [2.45, 2.75) is 82.9 Å². The predicted molar refractivity (Wildman–Crippen MR) is 125 cm³/mol. The second-order valence-corrected chi connectivity index (χ2v) is 9.16. The Kier molecular flexibility index (Phi) is 7.42. The van der Waals surface area contributed by atoms with E-state index in [9.17, 15) is 8.78 Å². The molecule has 1 aliphatic carbocycles. The first-order valence-electron chi connectivity index (χ1n) is 11.8. The van der Waals surface area contributed by atoms with E-state index in [0.29, 0.717) is 17.3 Å². The number of H-pyrrole nitrogens is 1. The molecular formula is C26H32BF2N2. The van der Waals surface area contributed by atoms with Crippen molar-refractivity contribution in [2.24, 2.45) is 0 Å². The monoisotopic (exact) mass is 421 g/mol. The van der Waals surface area contributed by atoms with Crippen LogP contribution in [0.25, 0.3) is 10.9 Å². The molecule has 5 heteroatoms. The number of fused-ring (bicyclic) bond motifs is 1. The number of benzene rings is 1. The molecule has 0 saturated heterocycles. The highest BCUT2D eigenvalue weighted by molar-refractivity contribution is 6.59. The highest BCUT2D eigenvalue weighted by Gasteiger charge is 2.20. The minimum absolute atomic E-state index is 0.189. The van der Waals surface area contributed by atoms with Crippen molar-refractivity contribution in [2.75, 3.05) is 0 Å². The van der Waals surface area contributed by atoms with Crippen molar-refractivity contribution in [3.63, 3.8) is 0 Å². The van der Waals surface area contributed by atoms with E-state index < -0.39 is 0 Å². The fraction of sp³-hybridized carbons (Fsp3) is 0.500. The summed E-state index contributed by atoms with van der Waals surface area (Å²) >= 11 is 0. The molecule has 163 valence electrons. The number of nitrogens with one attached hydrogen (secondary N) is 1. The summed E-state index contributed by atoms with van der Waals surface area (Å²) in [4.78, 5) is 7.32. The quantitative estimate of drug-likeness (QED) is 0.455. The molecule has 1 fully saturated rings. The molecule has 1 aliphatic rings. The molecule has 2 unspecified atom stereocenters. The van der Waals surface area contributed by atoms with E-state index in [1.807, 2.05) is 19.2 Å². The third-order valence-corrected chi connectivity index (χ3v) is 6.88. The largest absolute Gasteiger partial charge is 0.357 e. The van der Waals surface area contributed by atoms with Crippen LogP contribution in [-0.4, -0.2) is 17.2 Å². The molecule has 1 N–H and O–H groups in total. The standard InChI is InChI=1S/C26H32BF2N2/c1-18-25(23-13-8-14-24(29)26(23)31-18)27-21-11-6-4-2-3-5-9-19(10-7-12-21)20-15-22(28)17-30-16-20/h8,13-17,19,21,31H,2-7,9-12H2,1H3. The molecular weight excluding hydrogens is 389 g/mol. The maximum absolute atomic E-state index is 14.2. The Morgan fingerprint density at radius 1 is 0.935 bits per heavy atom. The van der Waals surface area contributed by atoms with Gasteiger partial charge in [0.05, 0.1) is 11.7 Å². The average molecular weight is 421 g/mol. The number of aromatic nitrogens is 2. The minimum Gasteiger partial charge on any atom is -0.357 e. The minimum atomic E-state index is -0.239. The van der Waals surface area contributed by atoms with Crippen molar-refractivity contribution >= 4 is 23.6 Å². The Balaban J connectivity index is 1.48. The second-order valence-electron chi connectivity index (χ2n) is 9.16. The van der Waals surface area contributed by atoms with Crippen LogP contribution in [0, 0.1) is 18.6 Å². The number of para-hydroxylation sites is 1. The first-order valence-corrected chi connectivity index (χ1v) is 11.8. The van der Waals surface area contributed by atoms with Crippen LogP contribution in [0.4, 0.5) is 8.78 Å². The molecule has 1 saturated carbocycles. The summed E-state index contributed by atoms with van der Waals surface area (Å²) in [5.74, 6) is 0.432. The SMILES string of the molecule is Cc1[nH]c2c(F)cccc2c1[B]C1CCCCCCCC(c2cncc(F)c2)CCC1. The van der Waals surface area contributed by atoms with E-state index in [4.69, 9.17) is 0 Å². The van der Waals surface area contributed by atoms with E-state index in [2.05, 4.69) is 17.2 Å². The number of nitrogens with zero attached hydrogens (tertiary/aromatic N) is 1. The molecule has 2 nitrogen and oxygen atoms in total. The zero-order valence-electron chi connectivity index (χ0n) is 18.5. The van der Waals surface area contributed by atoms with Gasteiger partial charge >= 0.3 is 0 Å². The van der Waals surface area contributed by atoms with Crippen LogP contribution in [0.1, 0.15) is 81.4 Å². The summed E-state index contributed by atoms with van der Waals surface area (Å²) in [6, 6.07) is 6.98. The van der Waals surface area contributed by atoms with E-state index in [1.165, 1.54) is 50.8 Å². The van der Waals surface area contributed by atoms with Gasteiger partial charge in [-0.15, -0.1) is 0 Å². The van der Waals surface area contributed by atoms with Gasteiger partial charge in [0.15, 0.2) is 7.28 Å². The summed E-state index contributed by atoms with van der Waals surface area (Å²) in [5.41, 5.74) is 3.84. The first-order chi connectivity index (χ1) is 15.1. The molecule has 2 atom stereocenters. The first kappa shape index (κ1) is 22.0. The lowest BCUT2D eigenvalue weighted by atomic mass is 9.55. The Hall–Kier alpha value is -2.17. The zero-order valence-corrected chi connectivity index (χ0v) is 18.5. The molecule has 1 aromatic carbocycles. The van der Waals surface area contributed by atoms with Crippen LogP contribution in [0.2, 0.25) is 5.82 Å². The fourth-order valence-electron chi connectivity index (χ4n) is 5.18. The van der Waals surface area contributed by atoms with Crippen molar-refractivity contribution in [1.29, 1.82) is 0 Å². The summed E-state index contributed by atoms with van der Waals surface area (Å²) in [5, 5.41) is 0.979. The normalized spacial score (nSPS) is 21.4. The van der Waals surface area contributed by atoms with Gasteiger partial charge in [0.1, 0.15) is 11.6 Å². The fourth-order valence-corrected chi connectivity index (χ4v) is 5.18. The van der Waals surface area contributed by atoms with Crippen molar-refractivity contribution < 1.29 is 8.78 Å². The van der Waals surface area contributed by atoms with Gasteiger partial charge in [-0.1, -0.05) is 74.8 Å². The number of aromatic amines is 1. The Morgan fingerprint density at radius 2 is 1.68 bits per heavy atom. The highest BCUT2D eigenvalue weighted by Crippen LogP contribution is 2.32. The van der Waals surface area contributed by atoms with Crippen LogP contribution >= 0.6 is 0 Å². The molecule has 0 amide bonds. The van der Waals surface area contributed by atoms with E-state index >= 15 is 0 Å². The lowest BCUT2D eigenvalue weighted by Crippen LogP contribution is -2.22. The average Bonchev–Trinajstić information content (AvgIpc) is 3.06. The van der Waals surface area contributed by atoms with E-state index in [0.717, 1.165) is 47.8 Å². The summed E-state index contributed by atoms with van der Waals surface area (Å²) in [6.07, 6.45) is 14.9. The van der Waals surface area contributed by atoms with Crippen LogP contribution in [-0.2, 0) is 0 Å². The highest BCUT2D eigenvalue weighted by atomic mass is 19.1. The number of aryl methyl sites for hydroxylation is 1. The summed E-state index contributed by atoms with van der Waals surface area (Å²) < 4.78 is 28.0. The lowest BCUT2D eigenvalue weighted by Gasteiger charge is -2.21. The third kappa shape index (κ3) is 5.55. The van der Waals surface area contributed by atoms with Crippen molar-refractivity contribution in [3.8, 4) is 0 Å². The van der Waals surface area contributed by atoms with Gasteiger partial charge in [0, 0.05) is 11.9 Å². The third-order valence-electron chi connectivity index (χ3n) is 6.88. The van der Waals surface area contributed by atoms with E-state index in [-0.39, 0.29) is 11.6 Å². The van der Waals surface area contributed by atoms with Crippen LogP contribution < -0.4 is 5.46 Å². The van der Waals surface area contributed by atoms with Gasteiger partial charge in [-0.25, -0.2) is 8.78 Å². The topological polar surface area (TPSA) is 28.7 Å².